The summed E-state index contributed by atoms with van der Waals surface area (Å²) in [6.07, 6.45) is 3.70. The van der Waals surface area contributed by atoms with Crippen molar-refractivity contribution in [3.8, 4) is 5.75 Å². The fourth-order valence-electron chi connectivity index (χ4n) is 4.39. The Labute approximate surface area is 174 Å². The van der Waals surface area contributed by atoms with Gasteiger partial charge < -0.3 is 10.1 Å². The van der Waals surface area contributed by atoms with E-state index in [9.17, 15) is 14.4 Å². The van der Waals surface area contributed by atoms with Gasteiger partial charge >= 0.3 is 5.69 Å². The molecule has 158 valence electrons. The van der Waals surface area contributed by atoms with Crippen molar-refractivity contribution in [2.45, 2.75) is 58.4 Å². The lowest BCUT2D eigenvalue weighted by molar-refractivity contribution is -0.116. The maximum Gasteiger partial charge on any atom is 0.329 e. The lowest BCUT2D eigenvalue weighted by atomic mass is 9.76. The molecule has 30 heavy (non-hydrogen) atoms. The molecule has 0 saturated heterocycles. The van der Waals surface area contributed by atoms with Gasteiger partial charge in [-0.1, -0.05) is 25.5 Å². The Balaban J connectivity index is 1.93. The number of benzene rings is 1. The van der Waals surface area contributed by atoms with Crippen LogP contribution in [0.4, 0.5) is 5.82 Å². The molecule has 1 aliphatic carbocycles. The maximum atomic E-state index is 13.0. The minimum Gasteiger partial charge on any atom is -0.494 e. The summed E-state index contributed by atoms with van der Waals surface area (Å²) in [7, 11) is 0. The van der Waals surface area contributed by atoms with Crippen LogP contribution in [0, 0.1) is 0 Å². The molecule has 2 N–H and O–H groups in total. The van der Waals surface area contributed by atoms with Crippen molar-refractivity contribution in [1.82, 2.24) is 9.55 Å². The largest absolute Gasteiger partial charge is 0.494 e. The number of carbonyl (C=O) groups excluding carboxylic acids is 1. The maximum absolute atomic E-state index is 13.0. The van der Waals surface area contributed by atoms with E-state index in [1.54, 1.807) is 4.57 Å². The van der Waals surface area contributed by atoms with Gasteiger partial charge in [0, 0.05) is 30.2 Å². The number of Topliss-reactive ketones (excluding diaryl/α,β-unsaturated/α-hetero) is 1. The highest BCUT2D eigenvalue weighted by Crippen LogP contribution is 2.43. The quantitative estimate of drug-likeness (QED) is 0.764. The number of ketones is 1. The van der Waals surface area contributed by atoms with E-state index in [4.69, 9.17) is 4.74 Å². The summed E-state index contributed by atoms with van der Waals surface area (Å²) in [5.41, 5.74) is 1.88. The van der Waals surface area contributed by atoms with Crippen LogP contribution in [0.2, 0.25) is 0 Å². The van der Waals surface area contributed by atoms with Crippen molar-refractivity contribution >= 4 is 11.6 Å². The fraction of sp³-hybridized carbons (Fsp3) is 0.435. The van der Waals surface area contributed by atoms with Crippen LogP contribution < -0.4 is 21.3 Å². The molecule has 0 bridgehead atoms. The molecule has 1 unspecified atom stereocenters. The predicted octanol–water partition coefficient (Wildman–Crippen LogP) is 3.30. The molecule has 1 aromatic carbocycles. The van der Waals surface area contributed by atoms with Gasteiger partial charge in [-0.2, -0.15) is 0 Å². The van der Waals surface area contributed by atoms with Gasteiger partial charge in [0.05, 0.1) is 12.2 Å². The number of unbranched alkanes of at least 4 members (excludes halogenated alkanes) is 1. The number of rotatable bonds is 6. The van der Waals surface area contributed by atoms with Gasteiger partial charge in [-0.15, -0.1) is 0 Å². The zero-order chi connectivity index (χ0) is 21.3. The van der Waals surface area contributed by atoms with Gasteiger partial charge in [-0.25, -0.2) is 4.79 Å². The molecule has 0 fully saturated rings. The Bertz CT molecular complexity index is 1110. The lowest BCUT2D eigenvalue weighted by Gasteiger charge is -2.34. The summed E-state index contributed by atoms with van der Waals surface area (Å²) in [5, 5.41) is 3.30. The molecule has 2 aromatic rings. The van der Waals surface area contributed by atoms with Gasteiger partial charge in [-0.05, 0) is 43.9 Å². The van der Waals surface area contributed by atoms with Gasteiger partial charge in [0.25, 0.3) is 5.56 Å². The highest BCUT2D eigenvalue weighted by Gasteiger charge is 2.38. The predicted molar refractivity (Wildman–Crippen MR) is 115 cm³/mol. The highest BCUT2D eigenvalue weighted by molar-refractivity contribution is 6.00. The van der Waals surface area contributed by atoms with Crippen molar-refractivity contribution < 1.29 is 9.53 Å². The third-order valence-electron chi connectivity index (χ3n) is 5.80. The van der Waals surface area contributed by atoms with Crippen LogP contribution >= 0.6 is 0 Å². The second kappa shape index (κ2) is 8.34. The fourth-order valence-corrected chi connectivity index (χ4v) is 4.39. The van der Waals surface area contributed by atoms with E-state index in [1.807, 2.05) is 31.2 Å². The van der Waals surface area contributed by atoms with Gasteiger partial charge in [0.2, 0.25) is 0 Å². The second-order valence-electron chi connectivity index (χ2n) is 7.76. The molecule has 0 spiro atoms. The number of hydrogen-bond donors (Lipinski definition) is 2. The van der Waals surface area contributed by atoms with E-state index in [-0.39, 0.29) is 5.78 Å². The number of carbonyl (C=O) groups is 1. The minimum atomic E-state index is -0.503. The molecule has 0 saturated carbocycles. The first-order chi connectivity index (χ1) is 14.5. The first-order valence-corrected chi connectivity index (χ1v) is 10.7. The number of aromatic nitrogens is 2. The molecular weight excluding hydrogens is 382 g/mol. The Hall–Kier alpha value is -3.09. The molecule has 1 aliphatic heterocycles. The average Bonchev–Trinajstić information content (AvgIpc) is 2.73. The second-order valence-corrected chi connectivity index (χ2v) is 7.76. The Morgan fingerprint density at radius 3 is 2.57 bits per heavy atom. The van der Waals surface area contributed by atoms with Crippen LogP contribution in [0.1, 0.15) is 63.0 Å². The molecule has 2 heterocycles. The number of allylic oxidation sites excluding steroid dienone is 2. The van der Waals surface area contributed by atoms with Crippen molar-refractivity contribution in [2.24, 2.45) is 0 Å². The van der Waals surface area contributed by atoms with E-state index in [2.05, 4.69) is 17.2 Å². The van der Waals surface area contributed by atoms with Crippen LogP contribution in [-0.2, 0) is 11.3 Å². The normalized spacial score (nSPS) is 17.9. The number of aromatic amines is 1. The topological polar surface area (TPSA) is 93.2 Å². The van der Waals surface area contributed by atoms with Crippen LogP contribution in [-0.4, -0.2) is 21.9 Å². The van der Waals surface area contributed by atoms with Crippen LogP contribution in [0.5, 0.6) is 5.75 Å². The van der Waals surface area contributed by atoms with E-state index >= 15 is 0 Å². The smallest absolute Gasteiger partial charge is 0.329 e. The van der Waals surface area contributed by atoms with Crippen molar-refractivity contribution in [3.05, 3.63) is 67.5 Å². The van der Waals surface area contributed by atoms with E-state index in [0.717, 1.165) is 42.7 Å². The molecule has 1 aromatic heterocycles. The summed E-state index contributed by atoms with van der Waals surface area (Å²) in [5.74, 6) is 0.807. The lowest BCUT2D eigenvalue weighted by Crippen LogP contribution is -2.40. The zero-order valence-corrected chi connectivity index (χ0v) is 17.4. The number of nitrogens with one attached hydrogen (secondary N) is 2. The van der Waals surface area contributed by atoms with E-state index in [0.29, 0.717) is 36.5 Å². The van der Waals surface area contributed by atoms with Crippen molar-refractivity contribution in [2.75, 3.05) is 11.9 Å². The van der Waals surface area contributed by atoms with Gasteiger partial charge in [0.15, 0.2) is 5.78 Å². The monoisotopic (exact) mass is 409 g/mol. The molecule has 1 atom stereocenters. The first-order valence-electron chi connectivity index (χ1n) is 10.7. The Morgan fingerprint density at radius 2 is 1.87 bits per heavy atom. The van der Waals surface area contributed by atoms with E-state index < -0.39 is 17.2 Å². The zero-order valence-electron chi connectivity index (χ0n) is 17.4. The standard InChI is InChI=1S/C23H27N3O4/c1-3-5-13-26-21-20(22(28)25-23(26)29)18(14-9-11-15(12-10-14)30-4-2)19-16(24-21)7-6-8-17(19)27/h9-12,18,24H,3-8,13H2,1-2H3,(H,25,28,29). The number of hydrogen-bond acceptors (Lipinski definition) is 5. The SMILES string of the molecule is CCCCn1c2c(c(=O)[nH]c1=O)C(c1ccc(OCC)cc1)C1=C(CCCC1=O)N2. The summed E-state index contributed by atoms with van der Waals surface area (Å²) < 4.78 is 7.15. The molecular formula is C23H27N3O4. The first kappa shape index (κ1) is 20.2. The summed E-state index contributed by atoms with van der Waals surface area (Å²) in [4.78, 5) is 40.9. The summed E-state index contributed by atoms with van der Waals surface area (Å²) >= 11 is 0. The average molecular weight is 409 g/mol. The Kier molecular flexibility index (Phi) is 5.61. The minimum absolute atomic E-state index is 0.0546. The number of H-pyrrole nitrogens is 1. The van der Waals surface area contributed by atoms with Crippen molar-refractivity contribution in [3.63, 3.8) is 0 Å². The molecule has 4 rings (SSSR count). The third-order valence-corrected chi connectivity index (χ3v) is 5.80. The molecule has 2 aliphatic rings. The number of anilines is 1. The van der Waals surface area contributed by atoms with Gasteiger partial charge in [0.1, 0.15) is 11.6 Å². The number of ether oxygens (including phenoxy) is 1. The summed E-state index contributed by atoms with van der Waals surface area (Å²) in [6.45, 7) is 5.05. The number of fused-ring (bicyclic) bond motifs is 1. The molecule has 0 radical (unpaired) electrons. The highest BCUT2D eigenvalue weighted by atomic mass is 16.5. The molecule has 0 amide bonds. The molecule has 7 heteroatoms. The summed E-state index contributed by atoms with van der Waals surface area (Å²) in [6, 6.07) is 7.52. The molecule has 7 nitrogen and oxygen atoms in total. The third kappa shape index (κ3) is 3.49. The van der Waals surface area contributed by atoms with Crippen LogP contribution in [0.3, 0.4) is 0 Å². The van der Waals surface area contributed by atoms with Gasteiger partial charge in [-0.3, -0.25) is 19.1 Å². The number of nitrogens with zero attached hydrogens (tertiary/aromatic N) is 1. The van der Waals surface area contributed by atoms with Crippen LogP contribution in [0.25, 0.3) is 0 Å². The Morgan fingerprint density at radius 1 is 1.10 bits per heavy atom. The van der Waals surface area contributed by atoms with Crippen LogP contribution in [0.15, 0.2) is 45.1 Å². The van der Waals surface area contributed by atoms with E-state index in [1.165, 1.54) is 0 Å². The van der Waals surface area contributed by atoms with Crippen molar-refractivity contribution in [1.29, 1.82) is 0 Å².